The standard InChI is InChI=1S/C18H18N4OS/c1-12-8-11-24-15(12)18(23)22-10-5-9-21(2)16-17(22)20-14-7-4-3-6-13(14)19-16/h3-4,6-8,11H,5,9-10H2,1-2H3. The molecule has 0 aliphatic carbocycles. The molecule has 5 nitrogen and oxygen atoms in total. The highest BCUT2D eigenvalue weighted by molar-refractivity contribution is 7.12. The normalized spacial score (nSPS) is 14.6. The molecule has 0 N–H and O–H groups in total. The van der Waals surface area contributed by atoms with Crippen LogP contribution in [0.5, 0.6) is 0 Å². The minimum atomic E-state index is 0.0173. The van der Waals surface area contributed by atoms with Crippen LogP contribution in [0.25, 0.3) is 11.0 Å². The van der Waals surface area contributed by atoms with Gasteiger partial charge in [-0.05, 0) is 42.5 Å². The van der Waals surface area contributed by atoms with Crippen LogP contribution >= 0.6 is 11.3 Å². The fourth-order valence-corrected chi connectivity index (χ4v) is 3.88. The van der Waals surface area contributed by atoms with E-state index in [0.29, 0.717) is 12.4 Å². The summed E-state index contributed by atoms with van der Waals surface area (Å²) in [7, 11) is 2.01. The molecule has 1 aliphatic rings. The number of anilines is 2. The second-order valence-corrected chi connectivity index (χ2v) is 6.94. The van der Waals surface area contributed by atoms with Crippen molar-refractivity contribution in [3.05, 3.63) is 46.2 Å². The van der Waals surface area contributed by atoms with E-state index in [2.05, 4.69) is 4.90 Å². The van der Waals surface area contributed by atoms with E-state index in [4.69, 9.17) is 9.97 Å². The molecule has 0 bridgehead atoms. The summed E-state index contributed by atoms with van der Waals surface area (Å²) in [4.78, 5) is 27.3. The molecular weight excluding hydrogens is 320 g/mol. The highest BCUT2D eigenvalue weighted by atomic mass is 32.1. The van der Waals surface area contributed by atoms with E-state index < -0.39 is 0 Å². The average Bonchev–Trinajstić information content (AvgIpc) is 2.96. The van der Waals surface area contributed by atoms with Crippen molar-refractivity contribution in [2.75, 3.05) is 29.9 Å². The van der Waals surface area contributed by atoms with Gasteiger partial charge in [0.1, 0.15) is 0 Å². The van der Waals surface area contributed by atoms with Crippen LogP contribution in [0.4, 0.5) is 11.6 Å². The number of hydrogen-bond donors (Lipinski definition) is 0. The molecule has 0 radical (unpaired) electrons. The van der Waals surface area contributed by atoms with Crippen LogP contribution in [0.3, 0.4) is 0 Å². The fourth-order valence-electron chi connectivity index (χ4n) is 3.01. The topological polar surface area (TPSA) is 49.3 Å². The first kappa shape index (κ1) is 15.1. The molecule has 1 aromatic carbocycles. The fraction of sp³-hybridized carbons (Fsp3) is 0.278. The van der Waals surface area contributed by atoms with Gasteiger partial charge < -0.3 is 4.90 Å². The van der Waals surface area contributed by atoms with E-state index in [1.54, 1.807) is 4.90 Å². The van der Waals surface area contributed by atoms with E-state index in [1.165, 1.54) is 11.3 Å². The van der Waals surface area contributed by atoms with Gasteiger partial charge in [-0.15, -0.1) is 11.3 Å². The number of aromatic nitrogens is 2. The molecule has 3 heterocycles. The number of fused-ring (bicyclic) bond motifs is 2. The molecule has 1 amide bonds. The van der Waals surface area contributed by atoms with E-state index >= 15 is 0 Å². The lowest BCUT2D eigenvalue weighted by Gasteiger charge is -2.22. The SMILES string of the molecule is Cc1ccsc1C(=O)N1CCCN(C)c2nc3ccccc3nc21. The maximum atomic E-state index is 13.1. The Morgan fingerprint density at radius 3 is 2.46 bits per heavy atom. The highest BCUT2D eigenvalue weighted by Crippen LogP contribution is 2.32. The molecule has 0 saturated carbocycles. The van der Waals surface area contributed by atoms with E-state index in [0.717, 1.165) is 40.3 Å². The molecule has 0 fully saturated rings. The third-order valence-corrected chi connectivity index (χ3v) is 5.33. The van der Waals surface area contributed by atoms with Gasteiger partial charge in [-0.3, -0.25) is 9.69 Å². The van der Waals surface area contributed by atoms with Crippen molar-refractivity contribution in [2.45, 2.75) is 13.3 Å². The summed E-state index contributed by atoms with van der Waals surface area (Å²) in [5.74, 6) is 1.45. The maximum Gasteiger partial charge on any atom is 0.269 e. The lowest BCUT2D eigenvalue weighted by molar-refractivity contribution is 0.0990. The first-order chi connectivity index (χ1) is 11.6. The first-order valence-corrected chi connectivity index (χ1v) is 8.87. The first-order valence-electron chi connectivity index (χ1n) is 7.99. The van der Waals surface area contributed by atoms with Crippen LogP contribution in [-0.2, 0) is 0 Å². The minimum Gasteiger partial charge on any atom is -0.357 e. The van der Waals surface area contributed by atoms with Gasteiger partial charge in [-0.25, -0.2) is 9.97 Å². The highest BCUT2D eigenvalue weighted by Gasteiger charge is 2.28. The second-order valence-electron chi connectivity index (χ2n) is 6.02. The van der Waals surface area contributed by atoms with Gasteiger partial charge in [-0.2, -0.15) is 0 Å². The molecular formula is C18H18N4OS. The van der Waals surface area contributed by atoms with E-state index in [9.17, 15) is 4.79 Å². The van der Waals surface area contributed by atoms with E-state index in [1.807, 2.05) is 49.7 Å². The Labute approximate surface area is 144 Å². The largest absolute Gasteiger partial charge is 0.357 e. The van der Waals surface area contributed by atoms with Crippen molar-refractivity contribution >= 4 is 39.9 Å². The Morgan fingerprint density at radius 1 is 1.08 bits per heavy atom. The summed E-state index contributed by atoms with van der Waals surface area (Å²) in [6, 6.07) is 9.77. The van der Waals surface area contributed by atoms with Crippen molar-refractivity contribution in [2.24, 2.45) is 0 Å². The van der Waals surface area contributed by atoms with Gasteiger partial charge in [0.05, 0.1) is 15.9 Å². The van der Waals surface area contributed by atoms with Crippen molar-refractivity contribution < 1.29 is 4.79 Å². The second kappa shape index (κ2) is 5.87. The number of amides is 1. The monoisotopic (exact) mass is 338 g/mol. The molecule has 122 valence electrons. The van der Waals surface area contributed by atoms with Crippen molar-refractivity contribution in [3.8, 4) is 0 Å². The van der Waals surface area contributed by atoms with Crippen LogP contribution in [-0.4, -0.2) is 36.0 Å². The summed E-state index contributed by atoms with van der Waals surface area (Å²) < 4.78 is 0. The average molecular weight is 338 g/mol. The zero-order valence-corrected chi connectivity index (χ0v) is 14.5. The Bertz CT molecular complexity index is 920. The Kier molecular flexibility index (Phi) is 3.69. The summed E-state index contributed by atoms with van der Waals surface area (Å²) in [6.07, 6.45) is 0.890. The van der Waals surface area contributed by atoms with Crippen LogP contribution in [0.15, 0.2) is 35.7 Å². The van der Waals surface area contributed by atoms with Gasteiger partial charge in [0.15, 0.2) is 11.6 Å². The molecule has 1 aliphatic heterocycles. The Morgan fingerprint density at radius 2 is 1.79 bits per heavy atom. The predicted molar refractivity (Wildman–Crippen MR) is 98.2 cm³/mol. The summed E-state index contributed by atoms with van der Waals surface area (Å²) in [6.45, 7) is 3.48. The van der Waals surface area contributed by atoms with Gasteiger partial charge in [0.2, 0.25) is 0 Å². The zero-order valence-electron chi connectivity index (χ0n) is 13.7. The van der Waals surface area contributed by atoms with Crippen molar-refractivity contribution in [1.29, 1.82) is 0 Å². The molecule has 0 saturated heterocycles. The van der Waals surface area contributed by atoms with E-state index in [-0.39, 0.29) is 5.91 Å². The van der Waals surface area contributed by atoms with Crippen molar-refractivity contribution in [3.63, 3.8) is 0 Å². The van der Waals surface area contributed by atoms with Gasteiger partial charge >= 0.3 is 0 Å². The van der Waals surface area contributed by atoms with Crippen LogP contribution < -0.4 is 9.80 Å². The van der Waals surface area contributed by atoms with Gasteiger partial charge in [-0.1, -0.05) is 12.1 Å². The summed E-state index contributed by atoms with van der Waals surface area (Å²) in [5.41, 5.74) is 2.68. The molecule has 4 rings (SSSR count). The van der Waals surface area contributed by atoms with Crippen LogP contribution in [0.2, 0.25) is 0 Å². The number of para-hydroxylation sites is 2. The lowest BCUT2D eigenvalue weighted by atomic mass is 10.2. The number of thiophene rings is 1. The number of carbonyl (C=O) groups is 1. The molecule has 3 aromatic rings. The molecule has 6 heteroatoms. The smallest absolute Gasteiger partial charge is 0.269 e. The summed E-state index contributed by atoms with van der Waals surface area (Å²) >= 11 is 1.48. The minimum absolute atomic E-state index is 0.0173. The number of rotatable bonds is 1. The number of carbonyl (C=O) groups excluding carboxylic acids is 1. The lowest BCUT2D eigenvalue weighted by Crippen LogP contribution is -2.32. The quantitative estimate of drug-likeness (QED) is 0.681. The third-order valence-electron chi connectivity index (χ3n) is 4.33. The Balaban J connectivity index is 1.88. The third kappa shape index (κ3) is 2.43. The number of nitrogens with zero attached hydrogens (tertiary/aromatic N) is 4. The zero-order chi connectivity index (χ0) is 16.7. The van der Waals surface area contributed by atoms with Crippen LogP contribution in [0.1, 0.15) is 21.7 Å². The van der Waals surface area contributed by atoms with Crippen molar-refractivity contribution in [1.82, 2.24) is 9.97 Å². The Hall–Kier alpha value is -2.47. The molecule has 2 aromatic heterocycles. The summed E-state index contributed by atoms with van der Waals surface area (Å²) in [5, 5.41) is 1.96. The molecule has 24 heavy (non-hydrogen) atoms. The molecule has 0 unspecified atom stereocenters. The predicted octanol–water partition coefficient (Wildman–Crippen LogP) is 3.49. The maximum absolute atomic E-state index is 13.1. The number of hydrogen-bond acceptors (Lipinski definition) is 5. The molecule has 0 spiro atoms. The number of benzene rings is 1. The van der Waals surface area contributed by atoms with Gasteiger partial charge in [0, 0.05) is 20.1 Å². The van der Waals surface area contributed by atoms with Crippen LogP contribution in [0, 0.1) is 6.92 Å². The van der Waals surface area contributed by atoms with Gasteiger partial charge in [0.25, 0.3) is 5.91 Å². The molecule has 0 atom stereocenters. The number of aryl methyl sites for hydroxylation is 1.